The zero-order chi connectivity index (χ0) is 7.68. The molecule has 1 N–H and O–H groups in total. The lowest BCUT2D eigenvalue weighted by Gasteiger charge is -1.98. The summed E-state index contributed by atoms with van der Waals surface area (Å²) < 4.78 is 1.81. The van der Waals surface area contributed by atoms with Gasteiger partial charge in [0.15, 0.2) is 0 Å². The van der Waals surface area contributed by atoms with Gasteiger partial charge in [0.1, 0.15) is 0 Å². The van der Waals surface area contributed by atoms with Gasteiger partial charge in [-0.05, 0) is 18.8 Å². The lowest BCUT2D eigenvalue weighted by Crippen LogP contribution is -2.01. The molecule has 0 bridgehead atoms. The fourth-order valence-corrected chi connectivity index (χ4v) is 1.10. The Hall–Kier alpha value is -0.990. The molecule has 0 atom stereocenters. The van der Waals surface area contributed by atoms with Crippen LogP contribution in [0.15, 0.2) is 12.4 Å². The van der Waals surface area contributed by atoms with E-state index in [1.54, 1.807) is 0 Å². The molecule has 1 fully saturated rings. The van der Waals surface area contributed by atoms with Crippen LogP contribution in [0.4, 0.5) is 5.69 Å². The summed E-state index contributed by atoms with van der Waals surface area (Å²) in [6, 6.07) is 0. The molecule has 3 heteroatoms. The number of hydrogen-bond acceptors (Lipinski definition) is 2. The molecule has 0 aliphatic heterocycles. The topological polar surface area (TPSA) is 29.9 Å². The summed E-state index contributed by atoms with van der Waals surface area (Å²) in [6.07, 6.45) is 6.66. The smallest absolute Gasteiger partial charge is 0.0726 e. The van der Waals surface area contributed by atoms with Crippen molar-refractivity contribution < 1.29 is 0 Å². The molecule has 0 unspecified atom stereocenters. The summed E-state index contributed by atoms with van der Waals surface area (Å²) in [5, 5.41) is 7.41. The third kappa shape index (κ3) is 1.73. The number of rotatable bonds is 3. The average molecular weight is 151 g/mol. The van der Waals surface area contributed by atoms with Crippen molar-refractivity contribution in [2.75, 3.05) is 11.9 Å². The van der Waals surface area contributed by atoms with Crippen LogP contribution in [-0.4, -0.2) is 16.3 Å². The van der Waals surface area contributed by atoms with Crippen LogP contribution in [0, 0.1) is 5.92 Å². The van der Waals surface area contributed by atoms with E-state index >= 15 is 0 Å². The Morgan fingerprint density at radius 2 is 2.55 bits per heavy atom. The molecule has 1 aliphatic rings. The summed E-state index contributed by atoms with van der Waals surface area (Å²) in [7, 11) is 1.93. The molecule has 60 valence electrons. The van der Waals surface area contributed by atoms with Crippen LogP contribution < -0.4 is 5.32 Å². The highest BCUT2D eigenvalue weighted by Gasteiger charge is 2.20. The molecule has 1 aromatic rings. The molecule has 0 amide bonds. The van der Waals surface area contributed by atoms with Gasteiger partial charge in [0.05, 0.1) is 11.9 Å². The van der Waals surface area contributed by atoms with Crippen LogP contribution >= 0.6 is 0 Å². The summed E-state index contributed by atoms with van der Waals surface area (Å²) in [5.41, 5.74) is 1.14. The fraction of sp³-hybridized carbons (Fsp3) is 0.625. The van der Waals surface area contributed by atoms with Gasteiger partial charge >= 0.3 is 0 Å². The third-order valence-corrected chi connectivity index (χ3v) is 2.00. The van der Waals surface area contributed by atoms with Crippen LogP contribution in [0.1, 0.15) is 12.8 Å². The van der Waals surface area contributed by atoms with Crippen molar-refractivity contribution in [3.8, 4) is 0 Å². The average Bonchev–Trinajstić information content (AvgIpc) is 2.72. The van der Waals surface area contributed by atoms with Crippen molar-refractivity contribution in [1.82, 2.24) is 9.78 Å². The first-order valence-electron chi connectivity index (χ1n) is 4.07. The molecule has 0 radical (unpaired) electrons. The predicted octanol–water partition coefficient (Wildman–Crippen LogP) is 1.24. The zero-order valence-corrected chi connectivity index (χ0v) is 6.75. The van der Waals surface area contributed by atoms with E-state index in [-0.39, 0.29) is 0 Å². The minimum Gasteiger partial charge on any atom is -0.382 e. The minimum atomic E-state index is 0.926. The number of anilines is 1. The molecule has 2 rings (SSSR count). The van der Waals surface area contributed by atoms with Gasteiger partial charge < -0.3 is 5.32 Å². The largest absolute Gasteiger partial charge is 0.382 e. The highest BCUT2D eigenvalue weighted by atomic mass is 15.3. The molecule has 1 heterocycles. The van der Waals surface area contributed by atoms with Crippen molar-refractivity contribution >= 4 is 5.69 Å². The second-order valence-electron chi connectivity index (χ2n) is 3.23. The highest BCUT2D eigenvalue weighted by Crippen LogP contribution is 2.28. The second kappa shape index (κ2) is 2.57. The van der Waals surface area contributed by atoms with E-state index in [2.05, 4.69) is 10.4 Å². The van der Waals surface area contributed by atoms with E-state index in [1.165, 1.54) is 12.8 Å². The van der Waals surface area contributed by atoms with Crippen molar-refractivity contribution in [3.63, 3.8) is 0 Å². The SMILES string of the molecule is Cn1cc(NCC2CC2)cn1. The molecule has 1 aromatic heterocycles. The van der Waals surface area contributed by atoms with E-state index < -0.39 is 0 Å². The molecule has 1 aliphatic carbocycles. The highest BCUT2D eigenvalue weighted by molar-refractivity contribution is 5.38. The number of aryl methyl sites for hydroxylation is 1. The first-order valence-corrected chi connectivity index (χ1v) is 4.07. The van der Waals surface area contributed by atoms with Gasteiger partial charge in [0.25, 0.3) is 0 Å². The van der Waals surface area contributed by atoms with Crippen LogP contribution in [0.3, 0.4) is 0 Å². The van der Waals surface area contributed by atoms with E-state index in [0.717, 1.165) is 18.2 Å². The molecule has 11 heavy (non-hydrogen) atoms. The van der Waals surface area contributed by atoms with E-state index in [9.17, 15) is 0 Å². The number of hydrogen-bond donors (Lipinski definition) is 1. The van der Waals surface area contributed by atoms with Gasteiger partial charge in [-0.25, -0.2) is 0 Å². The number of aromatic nitrogens is 2. The molecular weight excluding hydrogens is 138 g/mol. The molecule has 0 spiro atoms. The Morgan fingerprint density at radius 3 is 3.09 bits per heavy atom. The lowest BCUT2D eigenvalue weighted by molar-refractivity contribution is 0.767. The van der Waals surface area contributed by atoms with Gasteiger partial charge in [0, 0.05) is 19.8 Å². The van der Waals surface area contributed by atoms with Gasteiger partial charge in [-0.3, -0.25) is 4.68 Å². The fourth-order valence-electron chi connectivity index (χ4n) is 1.10. The monoisotopic (exact) mass is 151 g/mol. The third-order valence-electron chi connectivity index (χ3n) is 2.00. The minimum absolute atomic E-state index is 0.926. The molecule has 0 aromatic carbocycles. The zero-order valence-electron chi connectivity index (χ0n) is 6.75. The summed E-state index contributed by atoms with van der Waals surface area (Å²) in [4.78, 5) is 0. The summed E-state index contributed by atoms with van der Waals surface area (Å²) >= 11 is 0. The van der Waals surface area contributed by atoms with Crippen LogP contribution in [-0.2, 0) is 7.05 Å². The van der Waals surface area contributed by atoms with Gasteiger partial charge in [-0.1, -0.05) is 0 Å². The van der Waals surface area contributed by atoms with Gasteiger partial charge in [0.2, 0.25) is 0 Å². The van der Waals surface area contributed by atoms with E-state index in [1.807, 2.05) is 24.1 Å². The standard InChI is InChI=1S/C8H13N3/c1-11-6-8(5-10-11)9-4-7-2-3-7/h5-7,9H,2-4H2,1H3. The van der Waals surface area contributed by atoms with Crippen molar-refractivity contribution in [2.24, 2.45) is 13.0 Å². The first-order chi connectivity index (χ1) is 5.34. The second-order valence-corrected chi connectivity index (χ2v) is 3.23. The number of nitrogens with zero attached hydrogens (tertiary/aromatic N) is 2. The van der Waals surface area contributed by atoms with Crippen LogP contribution in [0.5, 0.6) is 0 Å². The predicted molar refractivity (Wildman–Crippen MR) is 44.4 cm³/mol. The van der Waals surface area contributed by atoms with Crippen LogP contribution in [0.2, 0.25) is 0 Å². The van der Waals surface area contributed by atoms with Gasteiger partial charge in [-0.15, -0.1) is 0 Å². The Balaban J connectivity index is 1.85. The Bertz CT molecular complexity index is 237. The van der Waals surface area contributed by atoms with Gasteiger partial charge in [-0.2, -0.15) is 5.10 Å². The molecule has 3 nitrogen and oxygen atoms in total. The lowest BCUT2D eigenvalue weighted by atomic mass is 10.4. The van der Waals surface area contributed by atoms with E-state index in [4.69, 9.17) is 0 Å². The number of nitrogens with one attached hydrogen (secondary N) is 1. The Morgan fingerprint density at radius 1 is 1.73 bits per heavy atom. The maximum absolute atomic E-state index is 4.07. The maximum atomic E-state index is 4.07. The molecule has 1 saturated carbocycles. The van der Waals surface area contributed by atoms with Crippen molar-refractivity contribution in [2.45, 2.75) is 12.8 Å². The first kappa shape index (κ1) is 6.70. The molecule has 0 saturated heterocycles. The maximum Gasteiger partial charge on any atom is 0.0726 e. The normalized spacial score (nSPS) is 16.8. The Labute approximate surface area is 66.4 Å². The van der Waals surface area contributed by atoms with Crippen molar-refractivity contribution in [3.05, 3.63) is 12.4 Å². The summed E-state index contributed by atoms with van der Waals surface area (Å²) in [5.74, 6) is 0.926. The van der Waals surface area contributed by atoms with Crippen LogP contribution in [0.25, 0.3) is 0 Å². The molecular formula is C8H13N3. The summed E-state index contributed by atoms with van der Waals surface area (Å²) in [6.45, 7) is 1.12. The Kier molecular flexibility index (Phi) is 1.56. The van der Waals surface area contributed by atoms with Crippen molar-refractivity contribution in [1.29, 1.82) is 0 Å². The van der Waals surface area contributed by atoms with E-state index in [0.29, 0.717) is 0 Å². The quantitative estimate of drug-likeness (QED) is 0.704.